The van der Waals surface area contributed by atoms with E-state index in [9.17, 15) is 14.4 Å². The number of allylic oxidation sites excluding steroid dienone is 2. The molecule has 0 spiro atoms. The van der Waals surface area contributed by atoms with E-state index >= 15 is 0 Å². The molecular formula is C27H26N2O4. The number of nitrogens with zero attached hydrogens (tertiary/aromatic N) is 1. The zero-order chi connectivity index (χ0) is 22.9. The van der Waals surface area contributed by atoms with Gasteiger partial charge in [0, 0.05) is 5.69 Å². The SMILES string of the molecule is Cc1cccc(C)c1Oc1ccc(NC(=O)CN2C(=O)[C@H]3[C@@H]4C=C[C@H]([C@@H]5C[C@H]45)[C@@H]3C2=O)cc1. The summed E-state index contributed by atoms with van der Waals surface area (Å²) in [5.74, 6) is 1.65. The van der Waals surface area contributed by atoms with Crippen molar-refractivity contribution in [3.8, 4) is 11.5 Å². The van der Waals surface area contributed by atoms with Gasteiger partial charge in [0.2, 0.25) is 17.7 Å². The highest BCUT2D eigenvalue weighted by molar-refractivity contribution is 6.09. The molecule has 0 unspecified atom stereocenters. The Labute approximate surface area is 192 Å². The van der Waals surface area contributed by atoms with E-state index in [1.54, 1.807) is 24.3 Å². The molecule has 2 aromatic carbocycles. The van der Waals surface area contributed by atoms with Crippen LogP contribution in [0.5, 0.6) is 11.5 Å². The Morgan fingerprint density at radius 3 is 2.09 bits per heavy atom. The minimum atomic E-state index is -0.371. The summed E-state index contributed by atoms with van der Waals surface area (Å²) >= 11 is 0. The van der Waals surface area contributed by atoms with Crippen LogP contribution in [0.2, 0.25) is 0 Å². The van der Waals surface area contributed by atoms with E-state index in [-0.39, 0.29) is 47.9 Å². The molecule has 1 saturated heterocycles. The van der Waals surface area contributed by atoms with Crippen molar-refractivity contribution in [2.45, 2.75) is 20.3 Å². The molecule has 2 saturated carbocycles. The van der Waals surface area contributed by atoms with Gasteiger partial charge in [-0.2, -0.15) is 0 Å². The second kappa shape index (κ2) is 7.30. The maximum atomic E-state index is 13.0. The zero-order valence-corrected chi connectivity index (χ0v) is 18.7. The number of hydrogen-bond acceptors (Lipinski definition) is 4. The molecule has 0 aromatic heterocycles. The molecule has 1 N–H and O–H groups in total. The number of rotatable bonds is 5. The smallest absolute Gasteiger partial charge is 0.244 e. The van der Waals surface area contributed by atoms with Gasteiger partial charge in [-0.25, -0.2) is 0 Å². The summed E-state index contributed by atoms with van der Waals surface area (Å²) in [6.07, 6.45) is 5.40. The monoisotopic (exact) mass is 442 g/mol. The molecule has 6 atom stereocenters. The third kappa shape index (κ3) is 3.19. The Morgan fingerprint density at radius 2 is 1.52 bits per heavy atom. The molecule has 4 aliphatic carbocycles. The first-order valence-electron chi connectivity index (χ1n) is 11.6. The zero-order valence-electron chi connectivity index (χ0n) is 18.7. The first-order valence-corrected chi connectivity index (χ1v) is 11.6. The number of carbonyl (C=O) groups is 3. The molecule has 3 fully saturated rings. The van der Waals surface area contributed by atoms with Gasteiger partial charge in [0.25, 0.3) is 0 Å². The van der Waals surface area contributed by atoms with E-state index in [4.69, 9.17) is 4.74 Å². The number of carbonyl (C=O) groups excluding carboxylic acids is 3. The van der Waals surface area contributed by atoms with Crippen LogP contribution in [0.1, 0.15) is 17.5 Å². The molecule has 6 heteroatoms. The fourth-order valence-electron chi connectivity index (χ4n) is 6.20. The minimum absolute atomic E-state index is 0.166. The van der Waals surface area contributed by atoms with Crippen LogP contribution in [0.25, 0.3) is 0 Å². The van der Waals surface area contributed by atoms with Gasteiger partial charge in [-0.15, -0.1) is 0 Å². The van der Waals surface area contributed by atoms with Crippen LogP contribution in [-0.4, -0.2) is 29.2 Å². The van der Waals surface area contributed by atoms with E-state index in [2.05, 4.69) is 17.5 Å². The van der Waals surface area contributed by atoms with E-state index in [0.717, 1.165) is 23.3 Å². The van der Waals surface area contributed by atoms with Crippen LogP contribution in [-0.2, 0) is 14.4 Å². The van der Waals surface area contributed by atoms with Gasteiger partial charge in [-0.05, 0) is 79.3 Å². The number of anilines is 1. The Morgan fingerprint density at radius 1 is 0.939 bits per heavy atom. The molecule has 5 aliphatic rings. The normalized spacial score (nSPS) is 30.8. The summed E-state index contributed by atoms with van der Waals surface area (Å²) in [4.78, 5) is 39.9. The van der Waals surface area contributed by atoms with Crippen LogP contribution in [0.15, 0.2) is 54.6 Å². The van der Waals surface area contributed by atoms with Gasteiger partial charge in [0.15, 0.2) is 0 Å². The highest BCUT2D eigenvalue weighted by Gasteiger charge is 2.67. The number of nitrogens with one attached hydrogen (secondary N) is 1. The number of imide groups is 1. The fourth-order valence-corrected chi connectivity index (χ4v) is 6.20. The predicted molar refractivity (Wildman–Crippen MR) is 122 cm³/mol. The molecular weight excluding hydrogens is 416 g/mol. The molecule has 2 aromatic rings. The lowest BCUT2D eigenvalue weighted by Gasteiger charge is -2.37. The summed E-state index contributed by atoms with van der Waals surface area (Å²) in [6.45, 7) is 3.76. The lowest BCUT2D eigenvalue weighted by Crippen LogP contribution is -2.40. The van der Waals surface area contributed by atoms with Crippen molar-refractivity contribution >= 4 is 23.4 Å². The van der Waals surface area contributed by atoms with Crippen LogP contribution in [0.3, 0.4) is 0 Å². The lowest BCUT2D eigenvalue weighted by molar-refractivity contribution is -0.142. The molecule has 6 nitrogen and oxygen atoms in total. The minimum Gasteiger partial charge on any atom is -0.457 e. The van der Waals surface area contributed by atoms with E-state index in [0.29, 0.717) is 23.3 Å². The number of aryl methyl sites for hydroxylation is 2. The molecule has 1 aliphatic heterocycles. The van der Waals surface area contributed by atoms with Crippen molar-refractivity contribution in [1.29, 1.82) is 0 Å². The lowest BCUT2D eigenvalue weighted by atomic mass is 9.63. The molecule has 2 bridgehead atoms. The van der Waals surface area contributed by atoms with Gasteiger partial charge in [-0.1, -0.05) is 30.4 Å². The Balaban J connectivity index is 1.10. The summed E-state index contributed by atoms with van der Waals surface area (Å²) in [6, 6.07) is 13.1. The number of hydrogen-bond donors (Lipinski definition) is 1. The third-order valence-electron chi connectivity index (χ3n) is 7.82. The number of benzene rings is 2. The van der Waals surface area contributed by atoms with Gasteiger partial charge in [-0.3, -0.25) is 19.3 Å². The van der Waals surface area contributed by atoms with Crippen molar-refractivity contribution in [2.75, 3.05) is 11.9 Å². The fraction of sp³-hybridized carbons (Fsp3) is 0.370. The van der Waals surface area contributed by atoms with Gasteiger partial charge >= 0.3 is 0 Å². The third-order valence-corrected chi connectivity index (χ3v) is 7.82. The van der Waals surface area contributed by atoms with Crippen molar-refractivity contribution in [3.63, 3.8) is 0 Å². The first kappa shape index (κ1) is 20.2. The van der Waals surface area contributed by atoms with Gasteiger partial charge < -0.3 is 10.1 Å². The number of ether oxygens (including phenoxy) is 1. The molecule has 168 valence electrons. The second-order valence-corrected chi connectivity index (χ2v) is 9.81. The Hall–Kier alpha value is -3.41. The molecule has 0 radical (unpaired) electrons. The summed E-state index contributed by atoms with van der Waals surface area (Å²) in [5, 5.41) is 2.80. The van der Waals surface area contributed by atoms with Crippen LogP contribution >= 0.6 is 0 Å². The highest BCUT2D eigenvalue weighted by Crippen LogP contribution is 2.65. The van der Waals surface area contributed by atoms with Crippen molar-refractivity contribution < 1.29 is 19.1 Å². The average Bonchev–Trinajstić information content (AvgIpc) is 3.59. The quantitative estimate of drug-likeness (QED) is 0.559. The topological polar surface area (TPSA) is 75.7 Å². The Kier molecular flexibility index (Phi) is 4.47. The Bertz CT molecular complexity index is 1140. The van der Waals surface area contributed by atoms with Gasteiger partial charge in [0.1, 0.15) is 18.0 Å². The maximum Gasteiger partial charge on any atom is 0.244 e. The summed E-state index contributed by atoms with van der Waals surface area (Å²) in [5.41, 5.74) is 2.69. The number of amides is 3. The van der Waals surface area contributed by atoms with Crippen LogP contribution < -0.4 is 10.1 Å². The van der Waals surface area contributed by atoms with Crippen molar-refractivity contribution in [1.82, 2.24) is 4.90 Å². The van der Waals surface area contributed by atoms with E-state index in [1.165, 1.54) is 4.90 Å². The maximum absolute atomic E-state index is 13.0. The predicted octanol–water partition coefficient (Wildman–Crippen LogP) is 4.09. The number of para-hydroxylation sites is 1. The molecule has 1 heterocycles. The van der Waals surface area contributed by atoms with Crippen molar-refractivity contribution in [2.24, 2.45) is 35.5 Å². The number of likely N-dealkylation sites (tertiary alicyclic amines) is 1. The first-order chi connectivity index (χ1) is 15.9. The summed E-state index contributed by atoms with van der Waals surface area (Å²) in [7, 11) is 0. The molecule has 3 amide bonds. The average molecular weight is 443 g/mol. The molecule has 33 heavy (non-hydrogen) atoms. The standard InChI is InChI=1S/C27H26N2O4/c1-14-4-3-5-15(2)25(14)33-17-8-6-16(7-9-17)28-22(30)13-29-26(31)23-18-10-11-19(21-12-20(18)21)24(23)27(29)32/h3-11,18-21,23-24H,12-13H2,1-2H3,(H,28,30)/t18-,19-,20-,21+,23+,24+/m1/s1. The molecule has 7 rings (SSSR count). The van der Waals surface area contributed by atoms with Crippen LogP contribution in [0, 0.1) is 49.4 Å². The second-order valence-electron chi connectivity index (χ2n) is 9.81. The van der Waals surface area contributed by atoms with E-state index in [1.807, 2.05) is 32.0 Å². The summed E-state index contributed by atoms with van der Waals surface area (Å²) < 4.78 is 6.01. The highest BCUT2D eigenvalue weighted by atomic mass is 16.5. The van der Waals surface area contributed by atoms with Gasteiger partial charge in [0.05, 0.1) is 11.8 Å². The van der Waals surface area contributed by atoms with Crippen LogP contribution in [0.4, 0.5) is 5.69 Å². The van der Waals surface area contributed by atoms with Crippen molar-refractivity contribution in [3.05, 3.63) is 65.7 Å². The largest absolute Gasteiger partial charge is 0.457 e. The van der Waals surface area contributed by atoms with E-state index < -0.39 is 0 Å².